The van der Waals surface area contributed by atoms with E-state index in [9.17, 15) is 9.59 Å². The second-order valence-corrected chi connectivity index (χ2v) is 7.86. The van der Waals surface area contributed by atoms with E-state index in [-0.39, 0.29) is 17.7 Å². The van der Waals surface area contributed by atoms with E-state index in [2.05, 4.69) is 10.6 Å². The van der Waals surface area contributed by atoms with Gasteiger partial charge in [-0.05, 0) is 30.5 Å². The molecule has 0 saturated heterocycles. The molecule has 1 atom stereocenters. The summed E-state index contributed by atoms with van der Waals surface area (Å²) in [4.78, 5) is 24.3. The number of rotatable bonds is 6. The largest absolute Gasteiger partial charge is 0.352 e. The van der Waals surface area contributed by atoms with Crippen LogP contribution in [-0.2, 0) is 11.3 Å². The molecule has 4 N–H and O–H groups in total. The zero-order valence-corrected chi connectivity index (χ0v) is 15.7. The molecule has 0 saturated carbocycles. The summed E-state index contributed by atoms with van der Waals surface area (Å²) in [6.45, 7) is 12.5. The molecular weight excluding hydrogens is 302 g/mol. The average Bonchev–Trinajstić information content (AvgIpc) is 2.51. The molecule has 24 heavy (non-hydrogen) atoms. The van der Waals surface area contributed by atoms with Gasteiger partial charge in [-0.2, -0.15) is 0 Å². The van der Waals surface area contributed by atoms with E-state index < -0.39 is 11.0 Å². The lowest BCUT2D eigenvalue weighted by Crippen LogP contribution is -2.55. The van der Waals surface area contributed by atoms with Crippen molar-refractivity contribution in [3.8, 4) is 0 Å². The summed E-state index contributed by atoms with van der Waals surface area (Å²) in [5, 5.41) is 5.91. The monoisotopic (exact) mass is 333 g/mol. The molecule has 0 bridgehead atoms. The summed E-state index contributed by atoms with van der Waals surface area (Å²) < 4.78 is 0. The number of hydrogen-bond acceptors (Lipinski definition) is 3. The highest BCUT2D eigenvalue weighted by atomic mass is 16.2. The van der Waals surface area contributed by atoms with Crippen LogP contribution in [-0.4, -0.2) is 23.9 Å². The van der Waals surface area contributed by atoms with Gasteiger partial charge in [0, 0.05) is 24.1 Å². The van der Waals surface area contributed by atoms with Crippen molar-refractivity contribution in [1.29, 1.82) is 0 Å². The Morgan fingerprint density at radius 2 is 1.62 bits per heavy atom. The summed E-state index contributed by atoms with van der Waals surface area (Å²) in [5.74, 6) is 0.0974. The van der Waals surface area contributed by atoms with Crippen molar-refractivity contribution < 1.29 is 9.59 Å². The summed E-state index contributed by atoms with van der Waals surface area (Å²) in [7, 11) is 0. The third-order valence-electron chi connectivity index (χ3n) is 4.45. The molecule has 1 rings (SSSR count). The van der Waals surface area contributed by atoms with Gasteiger partial charge in [-0.25, -0.2) is 0 Å². The Balaban J connectivity index is 2.70. The molecule has 1 aromatic rings. The maximum Gasteiger partial charge on any atom is 0.251 e. The number of hydrogen-bond donors (Lipinski definition) is 3. The molecule has 1 unspecified atom stereocenters. The third kappa shape index (κ3) is 5.34. The van der Waals surface area contributed by atoms with Crippen molar-refractivity contribution in [1.82, 2.24) is 10.6 Å². The van der Waals surface area contributed by atoms with Gasteiger partial charge in [0.2, 0.25) is 5.91 Å². The van der Waals surface area contributed by atoms with Crippen LogP contribution in [0.15, 0.2) is 24.3 Å². The van der Waals surface area contributed by atoms with Gasteiger partial charge in [0.05, 0.1) is 5.54 Å². The Hall–Kier alpha value is -1.88. The van der Waals surface area contributed by atoms with Crippen LogP contribution >= 0.6 is 0 Å². The highest BCUT2D eigenvalue weighted by Gasteiger charge is 2.28. The van der Waals surface area contributed by atoms with Crippen LogP contribution in [0, 0.1) is 11.3 Å². The fourth-order valence-electron chi connectivity index (χ4n) is 1.98. The summed E-state index contributed by atoms with van der Waals surface area (Å²) in [6, 6.07) is 7.25. The number of carbonyl (C=O) groups excluding carboxylic acids is 2. The van der Waals surface area contributed by atoms with Crippen molar-refractivity contribution in [3.05, 3.63) is 35.4 Å². The molecule has 5 heteroatoms. The van der Waals surface area contributed by atoms with Gasteiger partial charge in [0.25, 0.3) is 5.91 Å². The normalized spacial score (nSPS) is 14.2. The van der Waals surface area contributed by atoms with Crippen molar-refractivity contribution in [3.63, 3.8) is 0 Å². The Bertz CT molecular complexity index is 573. The van der Waals surface area contributed by atoms with Gasteiger partial charge in [-0.15, -0.1) is 0 Å². The quantitative estimate of drug-likeness (QED) is 0.747. The van der Waals surface area contributed by atoms with Crippen molar-refractivity contribution in [2.24, 2.45) is 17.1 Å². The van der Waals surface area contributed by atoms with Gasteiger partial charge >= 0.3 is 0 Å². The second kappa shape index (κ2) is 7.79. The van der Waals surface area contributed by atoms with Crippen LogP contribution in [0.2, 0.25) is 0 Å². The number of benzene rings is 1. The maximum atomic E-state index is 12.4. The molecule has 2 amide bonds. The molecule has 0 heterocycles. The zero-order valence-electron chi connectivity index (χ0n) is 15.7. The number of carbonyl (C=O) groups is 2. The Morgan fingerprint density at radius 3 is 2.04 bits per heavy atom. The molecule has 1 aromatic carbocycles. The fourth-order valence-corrected chi connectivity index (χ4v) is 1.98. The molecule has 0 aliphatic heterocycles. The van der Waals surface area contributed by atoms with Gasteiger partial charge in [-0.1, -0.05) is 46.8 Å². The number of nitrogens with one attached hydrogen (secondary N) is 2. The molecule has 0 aromatic heterocycles. The van der Waals surface area contributed by atoms with Crippen LogP contribution in [0.5, 0.6) is 0 Å². The van der Waals surface area contributed by atoms with Gasteiger partial charge in [0.1, 0.15) is 0 Å². The first-order chi connectivity index (χ1) is 11.0. The highest BCUT2D eigenvalue weighted by Crippen LogP contribution is 2.16. The van der Waals surface area contributed by atoms with E-state index in [1.165, 1.54) is 0 Å². The molecule has 0 spiro atoms. The Labute approximate surface area is 145 Å². The first-order valence-electron chi connectivity index (χ1n) is 8.39. The van der Waals surface area contributed by atoms with Crippen LogP contribution in [0.3, 0.4) is 0 Å². The van der Waals surface area contributed by atoms with Crippen LogP contribution < -0.4 is 16.4 Å². The maximum absolute atomic E-state index is 12.4. The molecular formula is C19H31N3O2. The average molecular weight is 333 g/mol. The van der Waals surface area contributed by atoms with Crippen molar-refractivity contribution >= 4 is 11.8 Å². The third-order valence-corrected chi connectivity index (χ3v) is 4.45. The number of amides is 2. The minimum Gasteiger partial charge on any atom is -0.352 e. The van der Waals surface area contributed by atoms with Gasteiger partial charge < -0.3 is 16.4 Å². The van der Waals surface area contributed by atoms with Crippen molar-refractivity contribution in [2.75, 3.05) is 6.54 Å². The predicted octanol–water partition coefficient (Wildman–Crippen LogP) is 2.45. The predicted molar refractivity (Wildman–Crippen MR) is 97.5 cm³/mol. The minimum atomic E-state index is -0.434. The molecule has 0 aliphatic carbocycles. The SMILES string of the molecule is CC(C)C(C)(CN)NC(=O)c1ccc(CNC(=O)C(C)(C)C)cc1. The molecule has 5 nitrogen and oxygen atoms in total. The lowest BCUT2D eigenvalue weighted by molar-refractivity contribution is -0.128. The second-order valence-electron chi connectivity index (χ2n) is 7.86. The topological polar surface area (TPSA) is 84.2 Å². The van der Waals surface area contributed by atoms with Gasteiger partial charge in [-0.3, -0.25) is 9.59 Å². The molecule has 0 aliphatic rings. The molecule has 0 radical (unpaired) electrons. The van der Waals surface area contributed by atoms with Crippen molar-refractivity contribution in [2.45, 2.75) is 53.6 Å². The first-order valence-corrected chi connectivity index (χ1v) is 8.39. The lowest BCUT2D eigenvalue weighted by Gasteiger charge is -2.33. The van der Waals surface area contributed by atoms with Crippen LogP contribution in [0.1, 0.15) is 57.5 Å². The van der Waals surface area contributed by atoms with Crippen LogP contribution in [0.4, 0.5) is 0 Å². The number of nitrogens with two attached hydrogens (primary N) is 1. The Morgan fingerprint density at radius 1 is 1.08 bits per heavy atom. The van der Waals surface area contributed by atoms with E-state index in [1.54, 1.807) is 12.1 Å². The molecule has 0 fully saturated rings. The van der Waals surface area contributed by atoms with E-state index in [0.29, 0.717) is 18.7 Å². The fraction of sp³-hybridized carbons (Fsp3) is 0.579. The first kappa shape index (κ1) is 20.2. The van der Waals surface area contributed by atoms with E-state index in [1.807, 2.05) is 53.7 Å². The Kier molecular flexibility index (Phi) is 6.55. The van der Waals surface area contributed by atoms with Crippen LogP contribution in [0.25, 0.3) is 0 Å². The summed E-state index contributed by atoms with van der Waals surface area (Å²) in [6.07, 6.45) is 0. The summed E-state index contributed by atoms with van der Waals surface area (Å²) >= 11 is 0. The lowest BCUT2D eigenvalue weighted by atomic mass is 9.88. The minimum absolute atomic E-state index is 0.0000321. The highest BCUT2D eigenvalue weighted by molar-refractivity contribution is 5.94. The molecule has 134 valence electrons. The standard InChI is InChI=1S/C19H31N3O2/c1-13(2)19(6,12-20)22-16(23)15-9-7-14(8-10-15)11-21-17(24)18(3,4)5/h7-10,13H,11-12,20H2,1-6H3,(H,21,24)(H,22,23). The zero-order chi connectivity index (χ0) is 18.5. The smallest absolute Gasteiger partial charge is 0.251 e. The summed E-state index contributed by atoms with van der Waals surface area (Å²) in [5.41, 5.74) is 6.50. The van der Waals surface area contributed by atoms with E-state index >= 15 is 0 Å². The van der Waals surface area contributed by atoms with Gasteiger partial charge in [0.15, 0.2) is 0 Å². The van der Waals surface area contributed by atoms with E-state index in [4.69, 9.17) is 5.73 Å². The van der Waals surface area contributed by atoms with E-state index in [0.717, 1.165) is 5.56 Å².